The van der Waals surface area contributed by atoms with E-state index in [0.717, 1.165) is 17.8 Å². The van der Waals surface area contributed by atoms with Gasteiger partial charge in [-0.2, -0.15) is 0 Å². The number of rotatable bonds is 6. The highest BCUT2D eigenvalue weighted by molar-refractivity contribution is 7.12. The van der Waals surface area contributed by atoms with E-state index >= 15 is 0 Å². The van der Waals surface area contributed by atoms with E-state index in [1.807, 2.05) is 23.6 Å². The number of aryl methyl sites for hydroxylation is 1. The molecule has 0 aliphatic heterocycles. The van der Waals surface area contributed by atoms with Gasteiger partial charge in [-0.1, -0.05) is 24.3 Å². The third kappa shape index (κ3) is 3.67. The van der Waals surface area contributed by atoms with Gasteiger partial charge in [0.2, 0.25) is 0 Å². The molecule has 0 N–H and O–H groups in total. The van der Waals surface area contributed by atoms with E-state index in [1.165, 1.54) is 22.6 Å². The van der Waals surface area contributed by atoms with Gasteiger partial charge in [-0.25, -0.2) is 0 Å². The number of carbonyl (C=O) groups excluding carboxylic acids is 1. The zero-order valence-electron chi connectivity index (χ0n) is 11.4. The fourth-order valence-corrected chi connectivity index (χ4v) is 2.84. The van der Waals surface area contributed by atoms with Gasteiger partial charge in [0.1, 0.15) is 0 Å². The maximum Gasteiger partial charge on any atom is 0.172 e. The van der Waals surface area contributed by atoms with Crippen LogP contribution in [0.5, 0.6) is 0 Å². The van der Waals surface area contributed by atoms with Crippen LogP contribution in [0.2, 0.25) is 0 Å². The SMILES string of the molecule is Cc1ccccc1N(C)CCCC(=O)c1cccs1. The zero-order valence-corrected chi connectivity index (χ0v) is 12.2. The molecule has 0 saturated carbocycles. The number of carbonyl (C=O) groups is 1. The lowest BCUT2D eigenvalue weighted by atomic mass is 10.1. The average Bonchev–Trinajstić information content (AvgIpc) is 2.93. The van der Waals surface area contributed by atoms with Crippen LogP contribution in [0.15, 0.2) is 41.8 Å². The van der Waals surface area contributed by atoms with Crippen molar-refractivity contribution >= 4 is 22.8 Å². The summed E-state index contributed by atoms with van der Waals surface area (Å²) in [6.07, 6.45) is 1.51. The van der Waals surface area contributed by atoms with Crippen molar-refractivity contribution in [1.29, 1.82) is 0 Å². The van der Waals surface area contributed by atoms with Crippen LogP contribution in [0.25, 0.3) is 0 Å². The van der Waals surface area contributed by atoms with E-state index in [0.29, 0.717) is 6.42 Å². The molecule has 2 nitrogen and oxygen atoms in total. The van der Waals surface area contributed by atoms with E-state index in [2.05, 4.69) is 37.1 Å². The summed E-state index contributed by atoms with van der Waals surface area (Å²) in [5, 5.41) is 1.95. The number of anilines is 1. The van der Waals surface area contributed by atoms with E-state index < -0.39 is 0 Å². The minimum Gasteiger partial charge on any atom is -0.374 e. The number of para-hydroxylation sites is 1. The molecule has 0 fully saturated rings. The van der Waals surface area contributed by atoms with Crippen molar-refractivity contribution in [2.75, 3.05) is 18.5 Å². The van der Waals surface area contributed by atoms with Gasteiger partial charge in [0, 0.05) is 25.7 Å². The van der Waals surface area contributed by atoms with Crippen molar-refractivity contribution in [1.82, 2.24) is 0 Å². The van der Waals surface area contributed by atoms with Gasteiger partial charge < -0.3 is 4.90 Å². The maximum absolute atomic E-state index is 11.9. The second-order valence-electron chi connectivity index (χ2n) is 4.71. The maximum atomic E-state index is 11.9. The third-order valence-corrected chi connectivity index (χ3v) is 4.13. The third-order valence-electron chi connectivity index (χ3n) is 3.22. The smallest absolute Gasteiger partial charge is 0.172 e. The lowest BCUT2D eigenvalue weighted by Crippen LogP contribution is -2.20. The number of benzene rings is 1. The molecule has 2 aromatic rings. The molecular weight excluding hydrogens is 254 g/mol. The first kappa shape index (κ1) is 13.8. The molecule has 0 amide bonds. The molecule has 1 aromatic carbocycles. The summed E-state index contributed by atoms with van der Waals surface area (Å²) in [5.41, 5.74) is 2.51. The minimum absolute atomic E-state index is 0.258. The normalized spacial score (nSPS) is 10.4. The molecule has 2 rings (SSSR count). The van der Waals surface area contributed by atoms with Crippen molar-refractivity contribution in [3.8, 4) is 0 Å². The quantitative estimate of drug-likeness (QED) is 0.737. The number of hydrogen-bond donors (Lipinski definition) is 0. The lowest BCUT2D eigenvalue weighted by Gasteiger charge is -2.21. The van der Waals surface area contributed by atoms with Crippen LogP contribution in [0.1, 0.15) is 28.1 Å². The zero-order chi connectivity index (χ0) is 13.7. The fourth-order valence-electron chi connectivity index (χ4n) is 2.15. The van der Waals surface area contributed by atoms with Crippen LogP contribution in [-0.2, 0) is 0 Å². The lowest BCUT2D eigenvalue weighted by molar-refractivity contribution is 0.0984. The van der Waals surface area contributed by atoms with E-state index in [-0.39, 0.29) is 5.78 Å². The standard InChI is InChI=1S/C16H19NOS/c1-13-7-3-4-8-14(13)17(2)11-5-9-15(18)16-10-6-12-19-16/h3-4,6-8,10,12H,5,9,11H2,1-2H3. The second kappa shape index (κ2) is 6.53. The van der Waals surface area contributed by atoms with E-state index in [4.69, 9.17) is 0 Å². The Morgan fingerprint density at radius 2 is 2.00 bits per heavy atom. The molecule has 0 saturated heterocycles. The summed E-state index contributed by atoms with van der Waals surface area (Å²) in [6.45, 7) is 3.02. The van der Waals surface area contributed by atoms with Crippen molar-refractivity contribution in [2.24, 2.45) is 0 Å². The van der Waals surface area contributed by atoms with Crippen molar-refractivity contribution in [3.05, 3.63) is 52.2 Å². The molecule has 0 aliphatic carbocycles. The Morgan fingerprint density at radius 1 is 1.21 bits per heavy atom. The molecule has 100 valence electrons. The molecule has 0 unspecified atom stereocenters. The first-order valence-corrected chi connectivity index (χ1v) is 7.40. The molecule has 0 atom stereocenters. The summed E-state index contributed by atoms with van der Waals surface area (Å²) in [4.78, 5) is 15.0. The average molecular weight is 273 g/mol. The van der Waals surface area contributed by atoms with Gasteiger partial charge in [-0.15, -0.1) is 11.3 Å². The molecule has 0 bridgehead atoms. The fraction of sp³-hybridized carbons (Fsp3) is 0.312. The van der Waals surface area contributed by atoms with Gasteiger partial charge in [0.25, 0.3) is 0 Å². The highest BCUT2D eigenvalue weighted by Gasteiger charge is 2.08. The largest absolute Gasteiger partial charge is 0.374 e. The highest BCUT2D eigenvalue weighted by atomic mass is 32.1. The van der Waals surface area contributed by atoms with Gasteiger partial charge >= 0.3 is 0 Å². The molecule has 0 aliphatic rings. The van der Waals surface area contributed by atoms with Crippen molar-refractivity contribution in [2.45, 2.75) is 19.8 Å². The minimum atomic E-state index is 0.258. The number of Topliss-reactive ketones (excluding diaryl/α,β-unsaturated/α-hetero) is 1. The Kier molecular flexibility index (Phi) is 4.74. The molecule has 19 heavy (non-hydrogen) atoms. The summed E-state index contributed by atoms with van der Waals surface area (Å²) < 4.78 is 0. The van der Waals surface area contributed by atoms with Crippen molar-refractivity contribution in [3.63, 3.8) is 0 Å². The predicted molar refractivity (Wildman–Crippen MR) is 82.3 cm³/mol. The first-order chi connectivity index (χ1) is 9.18. The van der Waals surface area contributed by atoms with Crippen molar-refractivity contribution < 1.29 is 4.79 Å². The van der Waals surface area contributed by atoms with Crippen LogP contribution in [0.3, 0.4) is 0 Å². The van der Waals surface area contributed by atoms with Gasteiger partial charge in [0.05, 0.1) is 4.88 Å². The van der Waals surface area contributed by atoms with Crippen LogP contribution in [0, 0.1) is 6.92 Å². The van der Waals surface area contributed by atoms with Gasteiger partial charge in [-0.05, 0) is 36.4 Å². The van der Waals surface area contributed by atoms with Crippen LogP contribution in [-0.4, -0.2) is 19.4 Å². The Morgan fingerprint density at radius 3 is 2.68 bits per heavy atom. The van der Waals surface area contributed by atoms with Crippen LogP contribution < -0.4 is 4.90 Å². The predicted octanol–water partition coefficient (Wildman–Crippen LogP) is 4.16. The number of nitrogens with zero attached hydrogens (tertiary/aromatic N) is 1. The van der Waals surface area contributed by atoms with Crippen LogP contribution >= 0.6 is 11.3 Å². The number of ketones is 1. The Balaban J connectivity index is 1.83. The van der Waals surface area contributed by atoms with Gasteiger partial charge in [0.15, 0.2) is 5.78 Å². The summed E-state index contributed by atoms with van der Waals surface area (Å²) in [7, 11) is 2.08. The molecule has 3 heteroatoms. The first-order valence-electron chi connectivity index (χ1n) is 6.52. The number of hydrogen-bond acceptors (Lipinski definition) is 3. The summed E-state index contributed by atoms with van der Waals surface area (Å²) >= 11 is 1.53. The monoisotopic (exact) mass is 273 g/mol. The number of thiophene rings is 1. The molecule has 1 heterocycles. The Bertz CT molecular complexity index is 533. The topological polar surface area (TPSA) is 20.3 Å². The molecular formula is C16H19NOS. The Labute approximate surface area is 118 Å². The van der Waals surface area contributed by atoms with Crippen LogP contribution in [0.4, 0.5) is 5.69 Å². The second-order valence-corrected chi connectivity index (χ2v) is 5.66. The summed E-state index contributed by atoms with van der Waals surface area (Å²) in [5.74, 6) is 0.258. The summed E-state index contributed by atoms with van der Waals surface area (Å²) in [6, 6.07) is 12.2. The molecule has 0 radical (unpaired) electrons. The molecule has 1 aromatic heterocycles. The molecule has 0 spiro atoms. The van der Waals surface area contributed by atoms with E-state index in [1.54, 1.807) is 0 Å². The van der Waals surface area contributed by atoms with Gasteiger partial charge in [-0.3, -0.25) is 4.79 Å². The highest BCUT2D eigenvalue weighted by Crippen LogP contribution is 2.18. The Hall–Kier alpha value is -1.61. The van der Waals surface area contributed by atoms with E-state index in [9.17, 15) is 4.79 Å².